The van der Waals surface area contributed by atoms with E-state index in [9.17, 15) is 22.8 Å². The van der Waals surface area contributed by atoms with Crippen LogP contribution in [0.25, 0.3) is 0 Å². The second-order valence-corrected chi connectivity index (χ2v) is 6.08. The van der Waals surface area contributed by atoms with Crippen LogP contribution in [-0.2, 0) is 6.18 Å². The number of pyridine rings is 1. The molecule has 0 saturated carbocycles. The minimum atomic E-state index is -4.41. The number of likely N-dealkylation sites (tertiary alicyclic amines) is 1. The maximum absolute atomic E-state index is 12.8. The van der Waals surface area contributed by atoms with Crippen molar-refractivity contribution < 1.29 is 22.7 Å². The lowest BCUT2D eigenvalue weighted by molar-refractivity contribution is -0.137. The first-order valence-corrected chi connectivity index (χ1v) is 8.15. The molecular formula is C18H17F3N2O3. The van der Waals surface area contributed by atoms with E-state index in [1.165, 1.54) is 30.5 Å². The summed E-state index contributed by atoms with van der Waals surface area (Å²) in [4.78, 5) is 27.5. The fourth-order valence-corrected chi connectivity index (χ4v) is 2.84. The molecule has 0 unspecified atom stereocenters. The largest absolute Gasteiger partial charge is 0.490 e. The van der Waals surface area contributed by atoms with E-state index in [1.54, 1.807) is 4.90 Å². The molecule has 1 saturated heterocycles. The number of ether oxygens (including phenoxy) is 1. The van der Waals surface area contributed by atoms with Gasteiger partial charge in [-0.25, -0.2) is 0 Å². The summed E-state index contributed by atoms with van der Waals surface area (Å²) >= 11 is 0. The molecule has 26 heavy (non-hydrogen) atoms. The fourth-order valence-electron chi connectivity index (χ4n) is 2.84. The van der Waals surface area contributed by atoms with Crippen molar-refractivity contribution in [3.05, 3.63) is 64.1 Å². The predicted molar refractivity (Wildman–Crippen MR) is 88.1 cm³/mol. The molecule has 0 radical (unpaired) electrons. The Morgan fingerprint density at radius 1 is 1.15 bits per heavy atom. The number of benzene rings is 1. The van der Waals surface area contributed by atoms with Gasteiger partial charge in [-0.15, -0.1) is 0 Å². The molecule has 1 amide bonds. The summed E-state index contributed by atoms with van der Waals surface area (Å²) in [5.41, 5.74) is -0.641. The molecule has 138 valence electrons. The van der Waals surface area contributed by atoms with Gasteiger partial charge in [0, 0.05) is 38.2 Å². The number of carbonyl (C=O) groups is 1. The number of nitrogens with zero attached hydrogens (tertiary/aromatic N) is 1. The monoisotopic (exact) mass is 366 g/mol. The highest BCUT2D eigenvalue weighted by Crippen LogP contribution is 2.32. The number of rotatable bonds is 3. The van der Waals surface area contributed by atoms with Crippen molar-refractivity contribution in [3.8, 4) is 5.75 Å². The molecule has 1 N–H and O–H groups in total. The lowest BCUT2D eigenvalue weighted by Gasteiger charge is -2.32. The number of H-pyrrole nitrogens is 1. The first-order chi connectivity index (χ1) is 12.3. The zero-order chi connectivity index (χ0) is 18.7. The molecule has 1 aromatic carbocycles. The average Bonchev–Trinajstić information content (AvgIpc) is 2.62. The molecular weight excluding hydrogens is 349 g/mol. The smallest absolute Gasteiger partial charge is 0.416 e. The topological polar surface area (TPSA) is 62.4 Å². The van der Waals surface area contributed by atoms with E-state index >= 15 is 0 Å². The summed E-state index contributed by atoms with van der Waals surface area (Å²) in [5.74, 6) is -0.0241. The van der Waals surface area contributed by atoms with Crippen molar-refractivity contribution in [1.29, 1.82) is 0 Å². The molecule has 0 aliphatic carbocycles. The van der Waals surface area contributed by atoms with Gasteiger partial charge in [0.15, 0.2) is 0 Å². The Morgan fingerprint density at radius 2 is 1.88 bits per heavy atom. The number of aromatic nitrogens is 1. The van der Waals surface area contributed by atoms with Crippen molar-refractivity contribution in [2.24, 2.45) is 0 Å². The third kappa shape index (κ3) is 4.25. The molecule has 1 aliphatic heterocycles. The number of carbonyl (C=O) groups excluding carboxylic acids is 1. The van der Waals surface area contributed by atoms with Gasteiger partial charge in [-0.1, -0.05) is 6.07 Å². The molecule has 3 rings (SSSR count). The summed E-state index contributed by atoms with van der Waals surface area (Å²) in [6, 6.07) is 7.54. The van der Waals surface area contributed by atoms with Crippen molar-refractivity contribution in [2.45, 2.75) is 25.1 Å². The number of aromatic amines is 1. The second kappa shape index (κ2) is 7.23. The van der Waals surface area contributed by atoms with Gasteiger partial charge in [-0.05, 0) is 24.3 Å². The van der Waals surface area contributed by atoms with Crippen LogP contribution >= 0.6 is 0 Å². The zero-order valence-electron chi connectivity index (χ0n) is 13.8. The molecule has 2 aromatic rings. The standard InChI is InChI=1S/C18H17F3N2O3/c19-18(20,21)13-2-1-3-15(10-13)26-14-6-8-23(9-7-14)17(25)12-4-5-16(24)22-11-12/h1-5,10-11,14H,6-9H2,(H,22,24). The summed E-state index contributed by atoms with van der Waals surface area (Å²) < 4.78 is 43.9. The third-order valence-corrected chi connectivity index (χ3v) is 4.22. The van der Waals surface area contributed by atoms with Crippen molar-refractivity contribution in [2.75, 3.05) is 13.1 Å². The van der Waals surface area contributed by atoms with Gasteiger partial charge in [0.25, 0.3) is 5.91 Å². The van der Waals surface area contributed by atoms with Crippen LogP contribution in [0.15, 0.2) is 47.4 Å². The number of alkyl halides is 3. The lowest BCUT2D eigenvalue weighted by atomic mass is 10.1. The van der Waals surface area contributed by atoms with Gasteiger partial charge in [-0.2, -0.15) is 13.2 Å². The van der Waals surface area contributed by atoms with Gasteiger partial charge < -0.3 is 14.6 Å². The Hall–Kier alpha value is -2.77. The third-order valence-electron chi connectivity index (χ3n) is 4.22. The summed E-state index contributed by atoms with van der Waals surface area (Å²) in [7, 11) is 0. The average molecular weight is 366 g/mol. The van der Waals surface area contributed by atoms with Gasteiger partial charge in [0.1, 0.15) is 11.9 Å². The summed E-state index contributed by atoms with van der Waals surface area (Å²) in [6.45, 7) is 0.864. The van der Waals surface area contributed by atoms with Crippen LogP contribution in [0.1, 0.15) is 28.8 Å². The Kier molecular flexibility index (Phi) is 5.01. The molecule has 0 bridgehead atoms. The highest BCUT2D eigenvalue weighted by molar-refractivity contribution is 5.93. The van der Waals surface area contributed by atoms with Crippen LogP contribution in [0.5, 0.6) is 5.75 Å². The van der Waals surface area contributed by atoms with E-state index < -0.39 is 11.7 Å². The van der Waals surface area contributed by atoms with E-state index in [-0.39, 0.29) is 23.3 Å². The Balaban J connectivity index is 1.58. The van der Waals surface area contributed by atoms with Crippen molar-refractivity contribution >= 4 is 5.91 Å². The molecule has 1 aliphatic rings. The normalized spacial score (nSPS) is 15.7. The number of amides is 1. The van der Waals surface area contributed by atoms with Gasteiger partial charge >= 0.3 is 6.18 Å². The van der Waals surface area contributed by atoms with Crippen LogP contribution in [0, 0.1) is 0 Å². The molecule has 0 spiro atoms. The first-order valence-electron chi connectivity index (χ1n) is 8.15. The van der Waals surface area contributed by atoms with E-state index in [0.717, 1.165) is 12.1 Å². The van der Waals surface area contributed by atoms with Crippen LogP contribution in [-0.4, -0.2) is 35.0 Å². The fraction of sp³-hybridized carbons (Fsp3) is 0.333. The van der Waals surface area contributed by atoms with Crippen LogP contribution < -0.4 is 10.3 Å². The molecule has 8 heteroatoms. The molecule has 2 heterocycles. The Morgan fingerprint density at radius 3 is 2.50 bits per heavy atom. The van der Waals surface area contributed by atoms with Gasteiger partial charge in [0.2, 0.25) is 5.56 Å². The molecule has 5 nitrogen and oxygen atoms in total. The molecule has 1 fully saturated rings. The zero-order valence-corrected chi connectivity index (χ0v) is 13.8. The minimum Gasteiger partial charge on any atom is -0.490 e. The van der Waals surface area contributed by atoms with E-state index in [2.05, 4.69) is 4.98 Å². The Labute approximate surface area is 147 Å². The van der Waals surface area contributed by atoms with Crippen LogP contribution in [0.2, 0.25) is 0 Å². The minimum absolute atomic E-state index is 0.172. The van der Waals surface area contributed by atoms with Crippen molar-refractivity contribution in [3.63, 3.8) is 0 Å². The number of nitrogens with one attached hydrogen (secondary N) is 1. The van der Waals surface area contributed by atoms with E-state index in [0.29, 0.717) is 31.5 Å². The lowest BCUT2D eigenvalue weighted by Crippen LogP contribution is -2.41. The number of hydrogen-bond donors (Lipinski definition) is 1. The summed E-state index contributed by atoms with van der Waals surface area (Å²) in [6.07, 6.45) is -2.25. The van der Waals surface area contributed by atoms with E-state index in [4.69, 9.17) is 4.74 Å². The van der Waals surface area contributed by atoms with Gasteiger partial charge in [0.05, 0.1) is 11.1 Å². The second-order valence-electron chi connectivity index (χ2n) is 6.08. The quantitative estimate of drug-likeness (QED) is 0.908. The molecule has 1 aromatic heterocycles. The maximum Gasteiger partial charge on any atom is 0.416 e. The summed E-state index contributed by atoms with van der Waals surface area (Å²) in [5, 5.41) is 0. The first kappa shape index (κ1) is 18.0. The number of halogens is 3. The van der Waals surface area contributed by atoms with Crippen molar-refractivity contribution in [1.82, 2.24) is 9.88 Å². The number of hydrogen-bond acceptors (Lipinski definition) is 3. The number of piperidine rings is 1. The molecule has 0 atom stereocenters. The highest BCUT2D eigenvalue weighted by atomic mass is 19.4. The van der Waals surface area contributed by atoms with Crippen LogP contribution in [0.4, 0.5) is 13.2 Å². The van der Waals surface area contributed by atoms with Gasteiger partial charge in [-0.3, -0.25) is 9.59 Å². The highest BCUT2D eigenvalue weighted by Gasteiger charge is 2.31. The van der Waals surface area contributed by atoms with Crippen LogP contribution in [0.3, 0.4) is 0 Å². The SMILES string of the molecule is O=C(c1ccc(=O)[nH]c1)N1CCC(Oc2cccc(C(F)(F)F)c2)CC1. The maximum atomic E-state index is 12.8. The predicted octanol–water partition coefficient (Wildman–Crippen LogP) is 3.08. The van der Waals surface area contributed by atoms with E-state index in [1.807, 2.05) is 0 Å². The Bertz CT molecular complexity index is 820.